The third-order valence-corrected chi connectivity index (χ3v) is 6.88. The number of rotatable bonds is 6. The molecule has 1 aliphatic rings. The molecule has 9 heteroatoms. The Morgan fingerprint density at radius 2 is 1.94 bits per heavy atom. The van der Waals surface area contributed by atoms with E-state index in [1.165, 1.54) is 17.8 Å². The Morgan fingerprint density at radius 1 is 1.18 bits per heavy atom. The average Bonchev–Trinajstić information content (AvgIpc) is 3.41. The number of H-pyrrole nitrogens is 1. The zero-order chi connectivity index (χ0) is 23.5. The second-order valence-electron chi connectivity index (χ2n) is 8.40. The molecule has 0 saturated heterocycles. The standard InChI is InChI=1S/C24H29N5O3S/c1-4-25-23(31)20-17-11-10-16(29(3)24(32)15-8-6-5-7-9-15)12-18(17)27-21(20)28-22(30)19-13-33-14(2)26-19/h10-13,15,27H,4-9H2,1-3H3,(H,25,31)(H,28,30). The van der Waals surface area contributed by atoms with Crippen LogP contribution in [0.5, 0.6) is 0 Å². The fourth-order valence-electron chi connectivity index (χ4n) is 4.37. The largest absolute Gasteiger partial charge is 0.352 e. The average molecular weight is 468 g/mol. The number of aromatic amines is 1. The number of hydrogen-bond acceptors (Lipinski definition) is 5. The normalized spacial score (nSPS) is 14.3. The van der Waals surface area contributed by atoms with E-state index in [1.807, 2.05) is 32.0 Å². The van der Waals surface area contributed by atoms with Gasteiger partial charge in [0.15, 0.2) is 0 Å². The molecule has 1 aliphatic carbocycles. The van der Waals surface area contributed by atoms with Crippen molar-refractivity contribution in [1.29, 1.82) is 0 Å². The summed E-state index contributed by atoms with van der Waals surface area (Å²) < 4.78 is 0. The Bertz CT molecular complexity index is 1190. The van der Waals surface area contributed by atoms with Gasteiger partial charge in [-0.05, 0) is 44.9 Å². The molecule has 0 spiro atoms. The summed E-state index contributed by atoms with van der Waals surface area (Å²) in [5, 5.41) is 8.75. The van der Waals surface area contributed by atoms with Crippen molar-refractivity contribution in [1.82, 2.24) is 15.3 Å². The molecule has 3 aromatic rings. The van der Waals surface area contributed by atoms with Crippen LogP contribution in [0.25, 0.3) is 10.9 Å². The lowest BCUT2D eigenvalue weighted by Gasteiger charge is -2.26. The van der Waals surface area contributed by atoms with Gasteiger partial charge in [-0.2, -0.15) is 0 Å². The van der Waals surface area contributed by atoms with Gasteiger partial charge < -0.3 is 20.5 Å². The number of benzene rings is 1. The summed E-state index contributed by atoms with van der Waals surface area (Å²) in [6, 6.07) is 5.51. The molecule has 0 unspecified atom stereocenters. The number of carbonyl (C=O) groups is 3. The number of carbonyl (C=O) groups excluding carboxylic acids is 3. The Morgan fingerprint density at radius 3 is 2.61 bits per heavy atom. The molecule has 0 radical (unpaired) electrons. The second kappa shape index (κ2) is 9.74. The van der Waals surface area contributed by atoms with Gasteiger partial charge in [-0.3, -0.25) is 14.4 Å². The van der Waals surface area contributed by atoms with E-state index in [0.717, 1.165) is 36.4 Å². The van der Waals surface area contributed by atoms with E-state index >= 15 is 0 Å². The number of anilines is 2. The zero-order valence-electron chi connectivity index (χ0n) is 19.2. The summed E-state index contributed by atoms with van der Waals surface area (Å²) >= 11 is 1.39. The molecule has 0 aliphatic heterocycles. The topological polar surface area (TPSA) is 107 Å². The SMILES string of the molecule is CCNC(=O)c1c(NC(=O)c2csc(C)n2)[nH]c2cc(N(C)C(=O)C3CCCCC3)ccc12. The van der Waals surface area contributed by atoms with Crippen molar-refractivity contribution in [3.63, 3.8) is 0 Å². The maximum atomic E-state index is 13.0. The van der Waals surface area contributed by atoms with Crippen LogP contribution < -0.4 is 15.5 Å². The maximum Gasteiger partial charge on any atom is 0.276 e. The van der Waals surface area contributed by atoms with Gasteiger partial charge in [-0.15, -0.1) is 11.3 Å². The van der Waals surface area contributed by atoms with Gasteiger partial charge in [0.1, 0.15) is 11.5 Å². The molecule has 0 atom stereocenters. The van der Waals surface area contributed by atoms with Crippen LogP contribution in [-0.2, 0) is 4.79 Å². The molecule has 1 fully saturated rings. The van der Waals surface area contributed by atoms with E-state index in [1.54, 1.807) is 17.3 Å². The molecule has 174 valence electrons. The van der Waals surface area contributed by atoms with Crippen LogP contribution in [0.1, 0.15) is 64.9 Å². The van der Waals surface area contributed by atoms with Gasteiger partial charge in [0.2, 0.25) is 5.91 Å². The minimum absolute atomic E-state index is 0.0606. The fourth-order valence-corrected chi connectivity index (χ4v) is 4.96. The molecule has 4 rings (SSSR count). The van der Waals surface area contributed by atoms with E-state index in [4.69, 9.17) is 0 Å². The number of fused-ring (bicyclic) bond motifs is 1. The quantitative estimate of drug-likeness (QED) is 0.497. The van der Waals surface area contributed by atoms with Crippen molar-refractivity contribution in [3.8, 4) is 0 Å². The molecule has 33 heavy (non-hydrogen) atoms. The van der Waals surface area contributed by atoms with Crippen molar-refractivity contribution in [2.45, 2.75) is 46.0 Å². The number of nitrogens with one attached hydrogen (secondary N) is 3. The van der Waals surface area contributed by atoms with E-state index < -0.39 is 0 Å². The monoisotopic (exact) mass is 467 g/mol. The van der Waals surface area contributed by atoms with Crippen LogP contribution in [0.3, 0.4) is 0 Å². The Kier molecular flexibility index (Phi) is 6.78. The van der Waals surface area contributed by atoms with Gasteiger partial charge in [-0.1, -0.05) is 19.3 Å². The van der Waals surface area contributed by atoms with Crippen molar-refractivity contribution >= 4 is 51.5 Å². The van der Waals surface area contributed by atoms with Gasteiger partial charge >= 0.3 is 0 Å². The van der Waals surface area contributed by atoms with Crippen molar-refractivity contribution in [2.75, 3.05) is 23.8 Å². The first kappa shape index (κ1) is 23.0. The number of amides is 3. The van der Waals surface area contributed by atoms with Crippen LogP contribution in [-0.4, -0.2) is 41.3 Å². The van der Waals surface area contributed by atoms with E-state index in [-0.39, 0.29) is 23.6 Å². The highest BCUT2D eigenvalue weighted by Crippen LogP contribution is 2.32. The highest BCUT2D eigenvalue weighted by atomic mass is 32.1. The maximum absolute atomic E-state index is 13.0. The van der Waals surface area contributed by atoms with E-state index in [2.05, 4.69) is 20.6 Å². The Labute approximate surface area is 196 Å². The smallest absolute Gasteiger partial charge is 0.276 e. The fraction of sp³-hybridized carbons (Fsp3) is 0.417. The lowest BCUT2D eigenvalue weighted by atomic mass is 9.88. The van der Waals surface area contributed by atoms with Gasteiger partial charge in [0, 0.05) is 41.5 Å². The summed E-state index contributed by atoms with van der Waals surface area (Å²) in [5.41, 5.74) is 2.08. The minimum Gasteiger partial charge on any atom is -0.352 e. The number of thiazole rings is 1. The van der Waals surface area contributed by atoms with Crippen molar-refractivity contribution in [2.24, 2.45) is 5.92 Å². The second-order valence-corrected chi connectivity index (χ2v) is 9.46. The van der Waals surface area contributed by atoms with Crippen molar-refractivity contribution < 1.29 is 14.4 Å². The Hall–Kier alpha value is -3.20. The predicted octanol–water partition coefficient (Wildman–Crippen LogP) is 4.48. The molecular formula is C24H29N5O3S. The first-order chi connectivity index (χ1) is 15.9. The lowest BCUT2D eigenvalue weighted by Crippen LogP contribution is -2.33. The minimum atomic E-state index is -0.388. The van der Waals surface area contributed by atoms with Gasteiger partial charge in [-0.25, -0.2) is 4.98 Å². The van der Waals surface area contributed by atoms with Gasteiger partial charge in [0.05, 0.1) is 10.6 Å². The molecule has 3 N–H and O–H groups in total. The summed E-state index contributed by atoms with van der Waals surface area (Å²) in [6.07, 6.45) is 5.25. The molecule has 8 nitrogen and oxygen atoms in total. The summed E-state index contributed by atoms with van der Waals surface area (Å²) in [6.45, 7) is 4.13. The first-order valence-electron chi connectivity index (χ1n) is 11.3. The van der Waals surface area contributed by atoms with Crippen LogP contribution >= 0.6 is 11.3 Å². The first-order valence-corrected chi connectivity index (χ1v) is 12.2. The third-order valence-electron chi connectivity index (χ3n) is 6.11. The number of aromatic nitrogens is 2. The van der Waals surface area contributed by atoms with Crippen molar-refractivity contribution in [3.05, 3.63) is 39.8 Å². The Balaban J connectivity index is 1.67. The summed E-state index contributed by atoms with van der Waals surface area (Å²) in [5.74, 6) is -0.179. The molecule has 0 bridgehead atoms. The molecule has 3 amide bonds. The summed E-state index contributed by atoms with van der Waals surface area (Å²) in [7, 11) is 1.79. The highest BCUT2D eigenvalue weighted by molar-refractivity contribution is 7.09. The van der Waals surface area contributed by atoms with Crippen LogP contribution in [0.15, 0.2) is 23.6 Å². The van der Waals surface area contributed by atoms with Crippen LogP contribution in [0.4, 0.5) is 11.5 Å². The molecule has 1 saturated carbocycles. The molecule has 2 heterocycles. The third kappa shape index (κ3) is 4.78. The predicted molar refractivity (Wildman–Crippen MR) is 131 cm³/mol. The number of hydrogen-bond donors (Lipinski definition) is 3. The van der Waals surface area contributed by atoms with E-state index in [0.29, 0.717) is 34.5 Å². The zero-order valence-corrected chi connectivity index (χ0v) is 20.0. The number of aryl methyl sites for hydroxylation is 1. The lowest BCUT2D eigenvalue weighted by molar-refractivity contribution is -0.123. The van der Waals surface area contributed by atoms with Crippen LogP contribution in [0, 0.1) is 12.8 Å². The van der Waals surface area contributed by atoms with Crippen LogP contribution in [0.2, 0.25) is 0 Å². The highest BCUT2D eigenvalue weighted by Gasteiger charge is 2.26. The number of nitrogens with zero attached hydrogens (tertiary/aromatic N) is 2. The molecule has 2 aromatic heterocycles. The van der Waals surface area contributed by atoms with Gasteiger partial charge in [0.25, 0.3) is 11.8 Å². The summed E-state index contributed by atoms with van der Waals surface area (Å²) in [4.78, 5) is 47.6. The molecular weight excluding hydrogens is 438 g/mol. The molecule has 1 aromatic carbocycles. The van der Waals surface area contributed by atoms with E-state index in [9.17, 15) is 14.4 Å².